The highest BCUT2D eigenvalue weighted by Gasteiger charge is 2.22. The van der Waals surface area contributed by atoms with Gasteiger partial charge in [-0.1, -0.05) is 97.1 Å². The van der Waals surface area contributed by atoms with E-state index in [2.05, 4.69) is 107 Å². The van der Waals surface area contributed by atoms with Crippen LogP contribution in [0.15, 0.2) is 97.1 Å². The van der Waals surface area contributed by atoms with Crippen molar-refractivity contribution in [3.05, 3.63) is 108 Å². The highest BCUT2D eigenvalue weighted by atomic mass is 16.5. The summed E-state index contributed by atoms with van der Waals surface area (Å²) >= 11 is 0. The van der Waals surface area contributed by atoms with E-state index in [0.717, 1.165) is 26.2 Å². The van der Waals surface area contributed by atoms with Gasteiger partial charge in [0, 0.05) is 48.4 Å². The summed E-state index contributed by atoms with van der Waals surface area (Å²) in [7, 11) is 0. The molecule has 4 aromatic rings. The molecule has 0 radical (unpaired) electrons. The van der Waals surface area contributed by atoms with Crippen molar-refractivity contribution in [2.24, 2.45) is 0 Å². The molecule has 2 fully saturated rings. The maximum absolute atomic E-state index is 6.53. The fourth-order valence-corrected chi connectivity index (χ4v) is 6.02. The molecule has 0 saturated carbocycles. The van der Waals surface area contributed by atoms with Crippen molar-refractivity contribution in [2.45, 2.75) is 38.9 Å². The lowest BCUT2D eigenvalue weighted by Gasteiger charge is -2.26. The van der Waals surface area contributed by atoms with Crippen molar-refractivity contribution in [1.82, 2.24) is 0 Å². The van der Waals surface area contributed by atoms with Gasteiger partial charge in [0.05, 0.1) is 24.6 Å². The van der Waals surface area contributed by atoms with E-state index in [4.69, 9.17) is 4.74 Å². The van der Waals surface area contributed by atoms with Crippen molar-refractivity contribution in [2.75, 3.05) is 36.0 Å². The maximum Gasteiger partial charge on any atom is 0.0741 e. The van der Waals surface area contributed by atoms with Crippen LogP contribution in [0.4, 0.5) is 11.4 Å². The largest absolute Gasteiger partial charge is 0.372 e. The predicted molar refractivity (Wildman–Crippen MR) is 155 cm³/mol. The number of benzene rings is 4. The van der Waals surface area contributed by atoms with Crippen molar-refractivity contribution in [3.63, 3.8) is 0 Å². The number of anilines is 2. The zero-order chi connectivity index (χ0) is 24.9. The van der Waals surface area contributed by atoms with Crippen LogP contribution in [0.25, 0.3) is 22.3 Å². The minimum absolute atomic E-state index is 0.613. The Bertz CT molecular complexity index is 1200. The lowest BCUT2D eigenvalue weighted by atomic mass is 9.99. The SMILES string of the molecule is c1ccc(-c2cccc(COCc3cccc(-c4ccccc4)c3N3CCCC3)c2N2CCCC2)cc1. The first-order valence-corrected chi connectivity index (χ1v) is 13.8. The summed E-state index contributed by atoms with van der Waals surface area (Å²) < 4.78 is 6.53. The van der Waals surface area contributed by atoms with E-state index in [9.17, 15) is 0 Å². The number of rotatable bonds is 8. The molecule has 0 N–H and O–H groups in total. The zero-order valence-electron chi connectivity index (χ0n) is 21.6. The molecule has 188 valence electrons. The Labute approximate surface area is 221 Å². The summed E-state index contributed by atoms with van der Waals surface area (Å²) in [4.78, 5) is 5.12. The van der Waals surface area contributed by atoms with Crippen LogP contribution in [-0.2, 0) is 18.0 Å². The van der Waals surface area contributed by atoms with E-state index < -0.39 is 0 Å². The Morgan fingerprint density at radius 1 is 0.459 bits per heavy atom. The Balaban J connectivity index is 1.29. The minimum atomic E-state index is 0.613. The van der Waals surface area contributed by atoms with Crippen molar-refractivity contribution in [3.8, 4) is 22.3 Å². The molecule has 3 heteroatoms. The Kier molecular flexibility index (Phi) is 7.23. The van der Waals surface area contributed by atoms with Crippen molar-refractivity contribution < 1.29 is 4.74 Å². The van der Waals surface area contributed by atoms with Crippen molar-refractivity contribution >= 4 is 11.4 Å². The van der Waals surface area contributed by atoms with E-state index in [0.29, 0.717) is 13.2 Å². The Morgan fingerprint density at radius 2 is 0.865 bits per heavy atom. The number of ether oxygens (including phenoxy) is 1. The summed E-state index contributed by atoms with van der Waals surface area (Å²) in [6.45, 7) is 5.71. The molecular formula is C34H36N2O. The second kappa shape index (κ2) is 11.2. The third-order valence-electron chi connectivity index (χ3n) is 7.77. The molecule has 3 nitrogen and oxygen atoms in total. The highest BCUT2D eigenvalue weighted by Crippen LogP contribution is 2.38. The van der Waals surface area contributed by atoms with Crippen molar-refractivity contribution in [1.29, 1.82) is 0 Å². The van der Waals surface area contributed by atoms with Crippen LogP contribution >= 0.6 is 0 Å². The van der Waals surface area contributed by atoms with E-state index in [-0.39, 0.29) is 0 Å². The quantitative estimate of drug-likeness (QED) is 0.250. The maximum atomic E-state index is 6.53. The third kappa shape index (κ3) is 5.14. The van der Waals surface area contributed by atoms with Gasteiger partial charge < -0.3 is 14.5 Å². The number of hydrogen-bond donors (Lipinski definition) is 0. The van der Waals surface area contributed by atoms with E-state index >= 15 is 0 Å². The van der Waals surface area contributed by atoms with Gasteiger partial charge in [-0.2, -0.15) is 0 Å². The summed E-state index contributed by atoms with van der Waals surface area (Å²) in [5.74, 6) is 0. The van der Waals surface area contributed by atoms with Gasteiger partial charge in [-0.25, -0.2) is 0 Å². The van der Waals surface area contributed by atoms with Gasteiger partial charge in [0.2, 0.25) is 0 Å². The van der Waals surface area contributed by atoms with Gasteiger partial charge in [0.1, 0.15) is 0 Å². The molecule has 4 aromatic carbocycles. The topological polar surface area (TPSA) is 15.7 Å². The first-order chi connectivity index (χ1) is 18.4. The van der Waals surface area contributed by atoms with Crippen LogP contribution in [-0.4, -0.2) is 26.2 Å². The van der Waals surface area contributed by atoms with Crippen LogP contribution in [0.5, 0.6) is 0 Å². The lowest BCUT2D eigenvalue weighted by molar-refractivity contribution is 0.107. The van der Waals surface area contributed by atoms with E-state index in [1.54, 1.807) is 0 Å². The molecule has 2 aliphatic heterocycles. The molecule has 2 aliphatic rings. The smallest absolute Gasteiger partial charge is 0.0741 e. The normalized spacial score (nSPS) is 15.5. The van der Waals surface area contributed by atoms with Crippen LogP contribution in [0.3, 0.4) is 0 Å². The molecular weight excluding hydrogens is 452 g/mol. The highest BCUT2D eigenvalue weighted by molar-refractivity contribution is 5.82. The lowest BCUT2D eigenvalue weighted by Crippen LogP contribution is -2.21. The molecule has 2 saturated heterocycles. The van der Waals surface area contributed by atoms with Gasteiger partial charge in [-0.3, -0.25) is 0 Å². The Morgan fingerprint density at radius 3 is 1.27 bits per heavy atom. The molecule has 6 rings (SSSR count). The molecule has 0 unspecified atom stereocenters. The molecule has 2 heterocycles. The second-order valence-corrected chi connectivity index (χ2v) is 10.2. The number of hydrogen-bond acceptors (Lipinski definition) is 3. The standard InChI is InChI=1S/C34H36N2O/c1-3-13-27(14-4-1)31-19-11-17-29(33(31)35-21-7-8-22-35)25-37-26-30-18-12-20-32(28-15-5-2-6-16-28)34(30)36-23-9-10-24-36/h1-6,11-20H,7-10,21-26H2. The van der Waals surface area contributed by atoms with Crippen LogP contribution in [0, 0.1) is 0 Å². The first-order valence-electron chi connectivity index (χ1n) is 13.8. The molecule has 0 bridgehead atoms. The number of para-hydroxylation sites is 2. The number of nitrogens with zero attached hydrogens (tertiary/aromatic N) is 2. The summed E-state index contributed by atoms with van der Waals surface area (Å²) in [5, 5.41) is 0. The van der Waals surface area contributed by atoms with Gasteiger partial charge in [-0.15, -0.1) is 0 Å². The van der Waals surface area contributed by atoms with Gasteiger partial charge >= 0.3 is 0 Å². The average Bonchev–Trinajstić information content (AvgIpc) is 3.69. The molecule has 0 aliphatic carbocycles. The monoisotopic (exact) mass is 488 g/mol. The fraction of sp³-hybridized carbons (Fsp3) is 0.294. The summed E-state index contributed by atoms with van der Waals surface area (Å²) in [6.07, 6.45) is 5.04. The van der Waals surface area contributed by atoms with Crippen LogP contribution in [0.2, 0.25) is 0 Å². The molecule has 37 heavy (non-hydrogen) atoms. The van der Waals surface area contributed by atoms with Gasteiger partial charge in [0.25, 0.3) is 0 Å². The molecule has 0 spiro atoms. The van der Waals surface area contributed by atoms with E-state index in [1.807, 2.05) is 0 Å². The summed E-state index contributed by atoms with van der Waals surface area (Å²) in [5.41, 5.74) is 10.4. The predicted octanol–water partition coefficient (Wildman–Crippen LogP) is 7.94. The summed E-state index contributed by atoms with van der Waals surface area (Å²) in [6, 6.07) is 35.0. The third-order valence-corrected chi connectivity index (χ3v) is 7.77. The van der Waals surface area contributed by atoms with Gasteiger partial charge in [0.15, 0.2) is 0 Å². The molecule has 0 atom stereocenters. The van der Waals surface area contributed by atoms with Crippen LogP contribution in [0.1, 0.15) is 36.8 Å². The molecule has 0 aromatic heterocycles. The fourth-order valence-electron chi connectivity index (χ4n) is 6.02. The minimum Gasteiger partial charge on any atom is -0.372 e. The van der Waals surface area contributed by atoms with Crippen LogP contribution < -0.4 is 9.80 Å². The van der Waals surface area contributed by atoms with E-state index in [1.165, 1.54) is 70.4 Å². The molecule has 0 amide bonds. The zero-order valence-corrected chi connectivity index (χ0v) is 21.6. The Hall–Kier alpha value is -3.56. The average molecular weight is 489 g/mol. The van der Waals surface area contributed by atoms with Gasteiger partial charge in [-0.05, 0) is 36.8 Å². The second-order valence-electron chi connectivity index (χ2n) is 10.2. The first kappa shape index (κ1) is 23.8.